The first kappa shape index (κ1) is 8.55. The van der Waals surface area contributed by atoms with Crippen molar-refractivity contribution in [2.24, 2.45) is 23.7 Å². The molecule has 70 valence electrons. The van der Waals surface area contributed by atoms with Crippen LogP contribution in [-0.4, -0.2) is 25.0 Å². The van der Waals surface area contributed by atoms with Gasteiger partial charge in [0.15, 0.2) is 0 Å². The van der Waals surface area contributed by atoms with Crippen LogP contribution in [0.4, 0.5) is 0 Å². The van der Waals surface area contributed by atoms with E-state index in [2.05, 4.69) is 25.8 Å². The Morgan fingerprint density at radius 1 is 0.917 bits per heavy atom. The van der Waals surface area contributed by atoms with E-state index in [1.165, 1.54) is 25.9 Å². The SMILES string of the molecule is C[C@@H]1CC[C@H]2[C@@H]1CN(C)C[C@H]2C. The zero-order chi connectivity index (χ0) is 8.72. The summed E-state index contributed by atoms with van der Waals surface area (Å²) >= 11 is 0. The normalized spacial score (nSPS) is 49.2. The zero-order valence-electron chi connectivity index (χ0n) is 8.59. The average molecular weight is 167 g/mol. The van der Waals surface area contributed by atoms with Gasteiger partial charge in [0.2, 0.25) is 0 Å². The van der Waals surface area contributed by atoms with Gasteiger partial charge >= 0.3 is 0 Å². The molecule has 1 heterocycles. The summed E-state index contributed by atoms with van der Waals surface area (Å²) in [7, 11) is 2.28. The summed E-state index contributed by atoms with van der Waals surface area (Å²) in [6, 6.07) is 0. The molecule has 1 aliphatic carbocycles. The van der Waals surface area contributed by atoms with E-state index in [4.69, 9.17) is 0 Å². The van der Waals surface area contributed by atoms with Crippen LogP contribution in [0.5, 0.6) is 0 Å². The minimum atomic E-state index is 0.943. The maximum atomic E-state index is 2.52. The van der Waals surface area contributed by atoms with Crippen molar-refractivity contribution in [3.8, 4) is 0 Å². The van der Waals surface area contributed by atoms with Gasteiger partial charge in [-0.25, -0.2) is 0 Å². The van der Waals surface area contributed by atoms with Gasteiger partial charge in [-0.05, 0) is 37.1 Å². The predicted molar refractivity (Wildman–Crippen MR) is 52.0 cm³/mol. The van der Waals surface area contributed by atoms with Crippen molar-refractivity contribution in [2.45, 2.75) is 26.7 Å². The van der Waals surface area contributed by atoms with E-state index in [0.717, 1.165) is 23.7 Å². The fraction of sp³-hybridized carbons (Fsp3) is 1.00. The molecule has 0 spiro atoms. The van der Waals surface area contributed by atoms with Crippen LogP contribution in [0.1, 0.15) is 26.7 Å². The zero-order valence-corrected chi connectivity index (χ0v) is 8.59. The number of likely N-dealkylation sites (tertiary alicyclic amines) is 1. The van der Waals surface area contributed by atoms with Crippen molar-refractivity contribution in [2.75, 3.05) is 20.1 Å². The molecule has 2 fully saturated rings. The third-order valence-corrected chi connectivity index (χ3v) is 4.09. The third kappa shape index (κ3) is 1.28. The van der Waals surface area contributed by atoms with Crippen molar-refractivity contribution >= 4 is 0 Å². The lowest BCUT2D eigenvalue weighted by molar-refractivity contribution is 0.0927. The summed E-state index contributed by atoms with van der Waals surface area (Å²) in [5.41, 5.74) is 0. The first-order chi connectivity index (χ1) is 5.68. The van der Waals surface area contributed by atoms with E-state index in [9.17, 15) is 0 Å². The minimum Gasteiger partial charge on any atom is -0.306 e. The molecular weight excluding hydrogens is 146 g/mol. The molecule has 0 unspecified atom stereocenters. The minimum absolute atomic E-state index is 0.943. The van der Waals surface area contributed by atoms with Crippen molar-refractivity contribution in [1.82, 2.24) is 4.90 Å². The van der Waals surface area contributed by atoms with Crippen molar-refractivity contribution in [3.63, 3.8) is 0 Å². The first-order valence-electron chi connectivity index (χ1n) is 5.37. The molecule has 2 rings (SSSR count). The van der Waals surface area contributed by atoms with Gasteiger partial charge in [-0.3, -0.25) is 0 Å². The molecule has 0 aromatic heterocycles. The Balaban J connectivity index is 2.08. The Hall–Kier alpha value is -0.0400. The van der Waals surface area contributed by atoms with Crippen LogP contribution in [0.2, 0.25) is 0 Å². The van der Waals surface area contributed by atoms with Gasteiger partial charge in [0, 0.05) is 13.1 Å². The second kappa shape index (κ2) is 3.02. The summed E-state index contributed by atoms with van der Waals surface area (Å²) in [6.45, 7) is 7.56. The molecule has 0 aromatic rings. The summed E-state index contributed by atoms with van der Waals surface area (Å²) < 4.78 is 0. The number of fused-ring (bicyclic) bond motifs is 1. The lowest BCUT2D eigenvalue weighted by atomic mass is 9.79. The maximum Gasteiger partial charge on any atom is 0.00120 e. The Morgan fingerprint density at radius 3 is 2.42 bits per heavy atom. The Kier molecular flexibility index (Phi) is 2.16. The lowest BCUT2D eigenvalue weighted by Crippen LogP contribution is -2.42. The third-order valence-electron chi connectivity index (χ3n) is 4.09. The molecule has 0 bridgehead atoms. The van der Waals surface area contributed by atoms with E-state index in [1.807, 2.05) is 0 Å². The first-order valence-corrected chi connectivity index (χ1v) is 5.37. The van der Waals surface area contributed by atoms with Crippen molar-refractivity contribution < 1.29 is 0 Å². The van der Waals surface area contributed by atoms with Crippen LogP contribution >= 0.6 is 0 Å². The van der Waals surface area contributed by atoms with Gasteiger partial charge in [0.05, 0.1) is 0 Å². The fourth-order valence-electron chi connectivity index (χ4n) is 3.39. The highest BCUT2D eigenvalue weighted by atomic mass is 15.1. The Bertz CT molecular complexity index is 166. The maximum absolute atomic E-state index is 2.52. The van der Waals surface area contributed by atoms with Gasteiger partial charge in [0.1, 0.15) is 0 Å². The van der Waals surface area contributed by atoms with E-state index in [-0.39, 0.29) is 0 Å². The highest BCUT2D eigenvalue weighted by Gasteiger charge is 2.40. The van der Waals surface area contributed by atoms with Crippen LogP contribution in [0.3, 0.4) is 0 Å². The van der Waals surface area contributed by atoms with E-state index >= 15 is 0 Å². The second-order valence-electron chi connectivity index (χ2n) is 5.08. The fourth-order valence-corrected chi connectivity index (χ4v) is 3.39. The summed E-state index contributed by atoms with van der Waals surface area (Å²) in [4.78, 5) is 2.52. The molecule has 4 atom stereocenters. The Labute approximate surface area is 76.1 Å². The largest absolute Gasteiger partial charge is 0.306 e. The molecule has 2 aliphatic rings. The topological polar surface area (TPSA) is 3.24 Å². The molecule has 0 aromatic carbocycles. The predicted octanol–water partition coefficient (Wildman–Crippen LogP) is 2.23. The molecule has 1 nitrogen and oxygen atoms in total. The highest BCUT2D eigenvalue weighted by molar-refractivity contribution is 4.91. The van der Waals surface area contributed by atoms with Gasteiger partial charge in [0.25, 0.3) is 0 Å². The van der Waals surface area contributed by atoms with Crippen LogP contribution in [0.25, 0.3) is 0 Å². The summed E-state index contributed by atoms with van der Waals surface area (Å²) in [5.74, 6) is 3.99. The van der Waals surface area contributed by atoms with Gasteiger partial charge in [-0.15, -0.1) is 0 Å². The van der Waals surface area contributed by atoms with Gasteiger partial charge < -0.3 is 4.90 Å². The molecule has 1 aliphatic heterocycles. The molecule has 0 amide bonds. The van der Waals surface area contributed by atoms with Crippen LogP contribution in [0.15, 0.2) is 0 Å². The van der Waals surface area contributed by atoms with Crippen molar-refractivity contribution in [3.05, 3.63) is 0 Å². The highest BCUT2D eigenvalue weighted by Crippen LogP contribution is 2.43. The molecule has 12 heavy (non-hydrogen) atoms. The molecule has 1 heteroatoms. The molecule has 0 radical (unpaired) electrons. The number of hydrogen-bond donors (Lipinski definition) is 0. The van der Waals surface area contributed by atoms with Gasteiger partial charge in [-0.2, -0.15) is 0 Å². The Morgan fingerprint density at radius 2 is 1.67 bits per heavy atom. The molecular formula is C11H21N. The number of hydrogen-bond acceptors (Lipinski definition) is 1. The average Bonchev–Trinajstić information content (AvgIpc) is 2.33. The van der Waals surface area contributed by atoms with E-state index < -0.39 is 0 Å². The number of rotatable bonds is 0. The number of nitrogens with zero attached hydrogens (tertiary/aromatic N) is 1. The summed E-state index contributed by atoms with van der Waals surface area (Å²) in [5, 5.41) is 0. The van der Waals surface area contributed by atoms with Crippen LogP contribution in [-0.2, 0) is 0 Å². The lowest BCUT2D eigenvalue weighted by Gasteiger charge is -2.39. The monoisotopic (exact) mass is 167 g/mol. The molecule has 1 saturated heterocycles. The standard InChI is InChI=1S/C11H21N/c1-8-4-5-10-9(2)6-12(3)7-11(8)10/h8-11H,4-7H2,1-3H3/t8-,9-,10-,11-/m1/s1. The number of piperidine rings is 1. The van der Waals surface area contributed by atoms with E-state index in [0.29, 0.717) is 0 Å². The van der Waals surface area contributed by atoms with Gasteiger partial charge in [-0.1, -0.05) is 20.3 Å². The van der Waals surface area contributed by atoms with E-state index in [1.54, 1.807) is 0 Å². The van der Waals surface area contributed by atoms with Crippen LogP contribution in [0, 0.1) is 23.7 Å². The quantitative estimate of drug-likeness (QED) is 0.535. The second-order valence-corrected chi connectivity index (χ2v) is 5.08. The smallest absolute Gasteiger partial charge is 0.00120 e. The van der Waals surface area contributed by atoms with Crippen molar-refractivity contribution in [1.29, 1.82) is 0 Å². The molecule has 1 saturated carbocycles. The molecule has 0 N–H and O–H groups in total. The summed E-state index contributed by atoms with van der Waals surface area (Å²) in [6.07, 6.45) is 2.98. The van der Waals surface area contributed by atoms with Crippen LogP contribution < -0.4 is 0 Å².